The molecule has 0 aliphatic carbocycles. The van der Waals surface area contributed by atoms with Crippen LogP contribution in [0.15, 0.2) is 48.5 Å². The van der Waals surface area contributed by atoms with Gasteiger partial charge in [-0.25, -0.2) is 4.79 Å². The van der Waals surface area contributed by atoms with Crippen molar-refractivity contribution in [2.24, 2.45) is 0 Å². The number of carboxylic acid groups (broad SMARTS) is 1. The van der Waals surface area contributed by atoms with Crippen molar-refractivity contribution in [3.63, 3.8) is 0 Å². The summed E-state index contributed by atoms with van der Waals surface area (Å²) in [5.74, 6) is 0.309. The van der Waals surface area contributed by atoms with E-state index in [0.29, 0.717) is 23.7 Å². The number of aliphatic carboxylic acids is 1. The molecule has 1 N–H and O–H groups in total. The summed E-state index contributed by atoms with van der Waals surface area (Å²) < 4.78 is 11.2. The molecule has 2 aromatic rings. The standard InChI is InChI=1S/C20H22O4/c1-4-23-17-10-7-9-15(12-17)18(20(21)22)13-16-8-5-6-11-19(16)24-14(2)3/h5-14H,4H2,1-3H3,(H,21,22)/b18-13-. The summed E-state index contributed by atoms with van der Waals surface area (Å²) in [4.78, 5) is 11.8. The maximum absolute atomic E-state index is 11.8. The second-order valence-electron chi connectivity index (χ2n) is 5.53. The van der Waals surface area contributed by atoms with E-state index in [4.69, 9.17) is 9.47 Å². The van der Waals surface area contributed by atoms with Gasteiger partial charge < -0.3 is 14.6 Å². The SMILES string of the molecule is CCOc1cccc(/C(=C/c2ccccc2OC(C)C)C(=O)O)c1. The average Bonchev–Trinajstić information content (AvgIpc) is 2.53. The third-order valence-electron chi connectivity index (χ3n) is 3.27. The number of para-hydroxylation sites is 1. The third-order valence-corrected chi connectivity index (χ3v) is 3.27. The lowest BCUT2D eigenvalue weighted by atomic mass is 10.0. The van der Waals surface area contributed by atoms with Crippen LogP contribution in [0.5, 0.6) is 11.5 Å². The highest BCUT2D eigenvalue weighted by molar-refractivity contribution is 6.20. The van der Waals surface area contributed by atoms with Crippen molar-refractivity contribution in [2.75, 3.05) is 6.61 Å². The first-order valence-corrected chi connectivity index (χ1v) is 7.95. The van der Waals surface area contributed by atoms with E-state index in [-0.39, 0.29) is 11.7 Å². The smallest absolute Gasteiger partial charge is 0.336 e. The largest absolute Gasteiger partial charge is 0.494 e. The Kier molecular flexibility index (Phi) is 6.01. The van der Waals surface area contributed by atoms with Crippen LogP contribution in [-0.2, 0) is 4.79 Å². The van der Waals surface area contributed by atoms with Crippen LogP contribution in [0.2, 0.25) is 0 Å². The van der Waals surface area contributed by atoms with E-state index in [1.807, 2.05) is 51.1 Å². The van der Waals surface area contributed by atoms with E-state index in [2.05, 4.69) is 0 Å². The Hall–Kier alpha value is -2.75. The summed E-state index contributed by atoms with van der Waals surface area (Å²) in [6, 6.07) is 14.5. The lowest BCUT2D eigenvalue weighted by Gasteiger charge is -2.13. The fourth-order valence-electron chi connectivity index (χ4n) is 2.31. The normalized spacial score (nSPS) is 11.4. The number of hydrogen-bond donors (Lipinski definition) is 1. The Morgan fingerprint density at radius 1 is 1.17 bits per heavy atom. The van der Waals surface area contributed by atoms with Crippen molar-refractivity contribution in [1.29, 1.82) is 0 Å². The van der Waals surface area contributed by atoms with Gasteiger partial charge in [-0.3, -0.25) is 0 Å². The van der Waals surface area contributed by atoms with E-state index in [1.165, 1.54) is 0 Å². The van der Waals surface area contributed by atoms with Gasteiger partial charge in [0.05, 0.1) is 18.3 Å². The minimum Gasteiger partial charge on any atom is -0.494 e. The van der Waals surface area contributed by atoms with Crippen molar-refractivity contribution >= 4 is 17.6 Å². The monoisotopic (exact) mass is 326 g/mol. The van der Waals surface area contributed by atoms with E-state index >= 15 is 0 Å². The molecule has 0 aliphatic heterocycles. The van der Waals surface area contributed by atoms with Crippen molar-refractivity contribution in [1.82, 2.24) is 0 Å². The Bertz CT molecular complexity index is 732. The molecule has 126 valence electrons. The van der Waals surface area contributed by atoms with E-state index < -0.39 is 5.97 Å². The molecule has 0 unspecified atom stereocenters. The molecule has 0 heterocycles. The van der Waals surface area contributed by atoms with Gasteiger partial charge in [0.1, 0.15) is 11.5 Å². The lowest BCUT2D eigenvalue weighted by Crippen LogP contribution is -2.07. The highest BCUT2D eigenvalue weighted by Gasteiger charge is 2.13. The number of ether oxygens (including phenoxy) is 2. The molecular formula is C20H22O4. The van der Waals surface area contributed by atoms with Gasteiger partial charge in [-0.1, -0.05) is 30.3 Å². The van der Waals surface area contributed by atoms with Crippen LogP contribution in [0.25, 0.3) is 11.6 Å². The summed E-state index contributed by atoms with van der Waals surface area (Å²) in [6.07, 6.45) is 1.64. The Labute approximate surface area is 142 Å². The van der Waals surface area contributed by atoms with Crippen LogP contribution in [0.4, 0.5) is 0 Å². The topological polar surface area (TPSA) is 55.8 Å². The molecule has 0 fully saturated rings. The minimum atomic E-state index is -0.997. The van der Waals surface area contributed by atoms with Gasteiger partial charge in [0.25, 0.3) is 0 Å². The number of carboxylic acids is 1. The predicted octanol–water partition coefficient (Wildman–Crippen LogP) is 4.50. The molecule has 0 saturated heterocycles. The van der Waals surface area contributed by atoms with Crippen LogP contribution in [0, 0.1) is 0 Å². The van der Waals surface area contributed by atoms with Crippen molar-refractivity contribution in [2.45, 2.75) is 26.9 Å². The van der Waals surface area contributed by atoms with Gasteiger partial charge in [0.15, 0.2) is 0 Å². The fourth-order valence-corrected chi connectivity index (χ4v) is 2.31. The second kappa shape index (κ2) is 8.20. The zero-order chi connectivity index (χ0) is 17.5. The van der Waals surface area contributed by atoms with Gasteiger partial charge in [-0.05, 0) is 50.6 Å². The van der Waals surface area contributed by atoms with Crippen LogP contribution < -0.4 is 9.47 Å². The first-order valence-electron chi connectivity index (χ1n) is 7.95. The number of carbonyl (C=O) groups is 1. The average molecular weight is 326 g/mol. The number of benzene rings is 2. The molecule has 0 amide bonds. The summed E-state index contributed by atoms with van der Waals surface area (Å²) >= 11 is 0. The molecule has 2 aromatic carbocycles. The van der Waals surface area contributed by atoms with Crippen LogP contribution in [0.3, 0.4) is 0 Å². The quantitative estimate of drug-likeness (QED) is 0.601. The number of hydrogen-bond acceptors (Lipinski definition) is 3. The van der Waals surface area contributed by atoms with Crippen LogP contribution in [0.1, 0.15) is 31.9 Å². The molecule has 0 saturated carbocycles. The summed E-state index contributed by atoms with van der Waals surface area (Å²) in [6.45, 7) is 6.29. The van der Waals surface area contributed by atoms with E-state index in [0.717, 1.165) is 5.56 Å². The second-order valence-corrected chi connectivity index (χ2v) is 5.53. The minimum absolute atomic E-state index is 0.00844. The molecule has 0 aromatic heterocycles. The zero-order valence-corrected chi connectivity index (χ0v) is 14.2. The molecule has 4 nitrogen and oxygen atoms in total. The van der Waals surface area contributed by atoms with E-state index in [9.17, 15) is 9.90 Å². The third kappa shape index (κ3) is 4.62. The predicted molar refractivity (Wildman–Crippen MR) is 95.3 cm³/mol. The van der Waals surface area contributed by atoms with Gasteiger partial charge in [0, 0.05) is 5.56 Å². The van der Waals surface area contributed by atoms with Crippen LogP contribution >= 0.6 is 0 Å². The molecule has 0 spiro atoms. The highest BCUT2D eigenvalue weighted by Crippen LogP contribution is 2.27. The Morgan fingerprint density at radius 2 is 1.92 bits per heavy atom. The van der Waals surface area contributed by atoms with Crippen molar-refractivity contribution in [3.05, 3.63) is 59.7 Å². The summed E-state index contributed by atoms with van der Waals surface area (Å²) in [5, 5.41) is 9.63. The molecule has 0 aliphatic rings. The van der Waals surface area contributed by atoms with Gasteiger partial charge >= 0.3 is 5.97 Å². The maximum atomic E-state index is 11.8. The zero-order valence-electron chi connectivity index (χ0n) is 14.2. The highest BCUT2D eigenvalue weighted by atomic mass is 16.5. The lowest BCUT2D eigenvalue weighted by molar-refractivity contribution is -0.130. The van der Waals surface area contributed by atoms with Gasteiger partial charge in [-0.15, -0.1) is 0 Å². The molecule has 24 heavy (non-hydrogen) atoms. The fraction of sp³-hybridized carbons (Fsp3) is 0.250. The Morgan fingerprint density at radius 3 is 2.58 bits per heavy atom. The Balaban J connectivity index is 2.47. The first-order chi connectivity index (χ1) is 11.5. The summed E-state index contributed by atoms with van der Waals surface area (Å²) in [7, 11) is 0. The summed E-state index contributed by atoms with van der Waals surface area (Å²) in [5.41, 5.74) is 1.51. The molecular weight excluding hydrogens is 304 g/mol. The molecule has 0 bridgehead atoms. The molecule has 4 heteroatoms. The maximum Gasteiger partial charge on any atom is 0.336 e. The van der Waals surface area contributed by atoms with Gasteiger partial charge in [-0.2, -0.15) is 0 Å². The van der Waals surface area contributed by atoms with Crippen molar-refractivity contribution in [3.8, 4) is 11.5 Å². The first kappa shape index (κ1) is 17.6. The van der Waals surface area contributed by atoms with Gasteiger partial charge in [0.2, 0.25) is 0 Å². The molecule has 0 atom stereocenters. The van der Waals surface area contributed by atoms with Crippen molar-refractivity contribution < 1.29 is 19.4 Å². The molecule has 0 radical (unpaired) electrons. The van der Waals surface area contributed by atoms with Crippen LogP contribution in [-0.4, -0.2) is 23.8 Å². The van der Waals surface area contributed by atoms with E-state index in [1.54, 1.807) is 24.3 Å². The molecule has 2 rings (SSSR count). The number of rotatable bonds is 7.